The SMILES string of the molecule is CN1CC=CN1CO. The summed E-state index contributed by atoms with van der Waals surface area (Å²) in [5.41, 5.74) is 0. The molecule has 0 aliphatic carbocycles. The molecule has 0 radical (unpaired) electrons. The maximum Gasteiger partial charge on any atom is 0.129 e. The minimum atomic E-state index is 0.0764. The Morgan fingerprint density at radius 3 is 2.75 bits per heavy atom. The van der Waals surface area contributed by atoms with Crippen molar-refractivity contribution in [3.8, 4) is 0 Å². The third kappa shape index (κ3) is 0.827. The number of hydrazine groups is 1. The van der Waals surface area contributed by atoms with Gasteiger partial charge in [-0.15, -0.1) is 0 Å². The van der Waals surface area contributed by atoms with Gasteiger partial charge in [-0.1, -0.05) is 6.08 Å². The van der Waals surface area contributed by atoms with E-state index in [0.29, 0.717) is 0 Å². The normalized spacial score (nSPS) is 20.5. The van der Waals surface area contributed by atoms with Gasteiger partial charge in [-0.25, -0.2) is 5.01 Å². The smallest absolute Gasteiger partial charge is 0.129 e. The molecule has 0 bridgehead atoms. The Hall–Kier alpha value is -0.540. The van der Waals surface area contributed by atoms with Crippen molar-refractivity contribution >= 4 is 0 Å². The van der Waals surface area contributed by atoms with Crippen LogP contribution in [0.1, 0.15) is 0 Å². The van der Waals surface area contributed by atoms with Crippen molar-refractivity contribution in [2.75, 3.05) is 20.3 Å². The summed E-state index contributed by atoms with van der Waals surface area (Å²) in [5, 5.41) is 12.2. The van der Waals surface area contributed by atoms with Gasteiger partial charge in [-0.2, -0.15) is 0 Å². The van der Waals surface area contributed by atoms with Gasteiger partial charge in [0.25, 0.3) is 0 Å². The number of hydrogen-bond donors (Lipinski definition) is 1. The summed E-state index contributed by atoms with van der Waals surface area (Å²) in [6.07, 6.45) is 3.86. The van der Waals surface area contributed by atoms with Crippen LogP contribution in [0.5, 0.6) is 0 Å². The highest BCUT2D eigenvalue weighted by Gasteiger charge is 2.07. The summed E-state index contributed by atoms with van der Waals surface area (Å²) in [5.74, 6) is 0. The Balaban J connectivity index is 2.41. The number of aliphatic hydroxyl groups is 1. The van der Waals surface area contributed by atoms with Gasteiger partial charge in [0.1, 0.15) is 6.73 Å². The number of likely N-dealkylation sites (N-methyl/N-ethyl adjacent to an activating group) is 1. The summed E-state index contributed by atoms with van der Waals surface area (Å²) in [4.78, 5) is 0. The van der Waals surface area contributed by atoms with Crippen molar-refractivity contribution in [1.82, 2.24) is 10.0 Å². The van der Waals surface area contributed by atoms with Crippen molar-refractivity contribution in [3.63, 3.8) is 0 Å². The van der Waals surface area contributed by atoms with Crippen LogP contribution in [-0.4, -0.2) is 35.4 Å². The highest BCUT2D eigenvalue weighted by Crippen LogP contribution is 2.01. The van der Waals surface area contributed by atoms with Crippen LogP contribution < -0.4 is 0 Å². The molecule has 0 aromatic rings. The van der Waals surface area contributed by atoms with Crippen LogP contribution in [0, 0.1) is 0 Å². The molecule has 3 nitrogen and oxygen atoms in total. The van der Waals surface area contributed by atoms with E-state index in [1.54, 1.807) is 5.01 Å². The number of hydrogen-bond acceptors (Lipinski definition) is 3. The van der Waals surface area contributed by atoms with Gasteiger partial charge < -0.3 is 5.11 Å². The summed E-state index contributed by atoms with van der Waals surface area (Å²) in [6, 6.07) is 0. The second kappa shape index (κ2) is 2.15. The number of nitrogens with zero attached hydrogens (tertiary/aromatic N) is 2. The molecule has 1 aliphatic heterocycles. The van der Waals surface area contributed by atoms with E-state index >= 15 is 0 Å². The fourth-order valence-corrected chi connectivity index (χ4v) is 0.695. The zero-order chi connectivity index (χ0) is 5.98. The predicted octanol–water partition coefficient (Wildman–Crippen LogP) is -0.388. The average molecular weight is 114 g/mol. The summed E-state index contributed by atoms with van der Waals surface area (Å²) in [6.45, 7) is 0.980. The van der Waals surface area contributed by atoms with Crippen LogP contribution in [0.25, 0.3) is 0 Å². The zero-order valence-electron chi connectivity index (χ0n) is 4.91. The van der Waals surface area contributed by atoms with Gasteiger partial charge in [0.2, 0.25) is 0 Å². The molecule has 0 saturated carbocycles. The molecule has 0 atom stereocenters. The first-order chi connectivity index (χ1) is 3.84. The molecule has 0 amide bonds. The molecule has 1 aliphatic rings. The van der Waals surface area contributed by atoms with Gasteiger partial charge in [-0.05, 0) is 0 Å². The van der Waals surface area contributed by atoms with Gasteiger partial charge in [0.05, 0.1) is 0 Å². The molecule has 0 fully saturated rings. The molecule has 0 unspecified atom stereocenters. The standard InChI is InChI=1S/C5H10N2O/c1-6-3-2-4-7(6)5-8/h2,4,8H,3,5H2,1H3. The highest BCUT2D eigenvalue weighted by molar-refractivity contribution is 4.88. The molecule has 46 valence electrons. The summed E-state index contributed by atoms with van der Waals surface area (Å²) >= 11 is 0. The van der Waals surface area contributed by atoms with E-state index in [9.17, 15) is 0 Å². The Morgan fingerprint density at radius 2 is 2.50 bits per heavy atom. The van der Waals surface area contributed by atoms with E-state index in [1.807, 2.05) is 24.3 Å². The van der Waals surface area contributed by atoms with Gasteiger partial charge >= 0.3 is 0 Å². The van der Waals surface area contributed by atoms with Gasteiger partial charge in [0.15, 0.2) is 0 Å². The number of aliphatic hydroxyl groups excluding tert-OH is 1. The summed E-state index contributed by atoms with van der Waals surface area (Å²) < 4.78 is 0. The monoisotopic (exact) mass is 114 g/mol. The summed E-state index contributed by atoms with van der Waals surface area (Å²) in [7, 11) is 1.93. The molecule has 0 spiro atoms. The van der Waals surface area contributed by atoms with Crippen LogP contribution in [0.15, 0.2) is 12.3 Å². The van der Waals surface area contributed by atoms with E-state index in [1.165, 1.54) is 0 Å². The second-order valence-corrected chi connectivity index (χ2v) is 1.81. The maximum atomic E-state index is 8.57. The van der Waals surface area contributed by atoms with Crippen molar-refractivity contribution in [1.29, 1.82) is 0 Å². The minimum absolute atomic E-state index is 0.0764. The minimum Gasteiger partial charge on any atom is -0.375 e. The van der Waals surface area contributed by atoms with E-state index in [4.69, 9.17) is 5.11 Å². The molecule has 0 aromatic heterocycles. The molecule has 8 heavy (non-hydrogen) atoms. The quantitative estimate of drug-likeness (QED) is 0.503. The maximum absolute atomic E-state index is 8.57. The predicted molar refractivity (Wildman–Crippen MR) is 30.7 cm³/mol. The van der Waals surface area contributed by atoms with E-state index < -0.39 is 0 Å². The van der Waals surface area contributed by atoms with Crippen LogP contribution in [0.2, 0.25) is 0 Å². The lowest BCUT2D eigenvalue weighted by Gasteiger charge is -2.21. The Morgan fingerprint density at radius 1 is 1.75 bits per heavy atom. The van der Waals surface area contributed by atoms with Crippen molar-refractivity contribution in [2.45, 2.75) is 0 Å². The highest BCUT2D eigenvalue weighted by atomic mass is 16.3. The van der Waals surface area contributed by atoms with Gasteiger partial charge in [-0.3, -0.25) is 5.01 Å². The van der Waals surface area contributed by atoms with E-state index in [-0.39, 0.29) is 6.73 Å². The average Bonchev–Trinajstić information content (AvgIpc) is 2.14. The van der Waals surface area contributed by atoms with E-state index in [0.717, 1.165) is 6.54 Å². The van der Waals surface area contributed by atoms with Crippen LogP contribution in [0.4, 0.5) is 0 Å². The van der Waals surface area contributed by atoms with Crippen molar-refractivity contribution < 1.29 is 5.11 Å². The molecular formula is C5H10N2O. The topological polar surface area (TPSA) is 26.7 Å². The molecule has 0 saturated heterocycles. The molecular weight excluding hydrogens is 104 g/mol. The molecule has 0 aromatic carbocycles. The lowest BCUT2D eigenvalue weighted by atomic mass is 10.6. The van der Waals surface area contributed by atoms with Gasteiger partial charge in [0, 0.05) is 19.8 Å². The molecule has 1 N–H and O–H groups in total. The van der Waals surface area contributed by atoms with Crippen LogP contribution >= 0.6 is 0 Å². The third-order valence-corrected chi connectivity index (χ3v) is 1.23. The lowest BCUT2D eigenvalue weighted by molar-refractivity contribution is 0.00108. The van der Waals surface area contributed by atoms with Crippen molar-refractivity contribution in [2.24, 2.45) is 0 Å². The first-order valence-electron chi connectivity index (χ1n) is 2.60. The van der Waals surface area contributed by atoms with Crippen LogP contribution in [-0.2, 0) is 0 Å². The number of rotatable bonds is 1. The molecule has 1 rings (SSSR count). The zero-order valence-corrected chi connectivity index (χ0v) is 4.91. The van der Waals surface area contributed by atoms with E-state index in [2.05, 4.69) is 0 Å². The lowest BCUT2D eigenvalue weighted by Crippen LogP contribution is -2.31. The first-order valence-corrected chi connectivity index (χ1v) is 2.60. The molecule has 1 heterocycles. The Labute approximate surface area is 48.8 Å². The first kappa shape index (κ1) is 5.59. The fraction of sp³-hybridized carbons (Fsp3) is 0.600. The fourth-order valence-electron chi connectivity index (χ4n) is 0.695. The third-order valence-electron chi connectivity index (χ3n) is 1.23. The second-order valence-electron chi connectivity index (χ2n) is 1.81. The van der Waals surface area contributed by atoms with Crippen LogP contribution in [0.3, 0.4) is 0 Å². The Kier molecular flexibility index (Phi) is 1.50. The molecule has 3 heteroatoms. The van der Waals surface area contributed by atoms with Crippen molar-refractivity contribution in [3.05, 3.63) is 12.3 Å². The Bertz CT molecular complexity index is 103. The largest absolute Gasteiger partial charge is 0.375 e.